The molecule has 0 spiro atoms. The van der Waals surface area contributed by atoms with Crippen LogP contribution in [-0.2, 0) is 11.2 Å². The normalized spacial score (nSPS) is 10.3. The van der Waals surface area contributed by atoms with Crippen molar-refractivity contribution in [2.75, 3.05) is 19.4 Å². The number of phenols is 1. The van der Waals surface area contributed by atoms with Crippen molar-refractivity contribution < 1.29 is 14.7 Å². The van der Waals surface area contributed by atoms with Crippen LogP contribution in [-0.4, -0.2) is 35.9 Å². The first-order valence-electron chi connectivity index (χ1n) is 7.69. The van der Waals surface area contributed by atoms with Gasteiger partial charge >= 0.3 is 0 Å². The lowest BCUT2D eigenvalue weighted by Gasteiger charge is -2.12. The van der Waals surface area contributed by atoms with Gasteiger partial charge in [0.15, 0.2) is 0 Å². The number of amides is 2. The Balaban J connectivity index is 2.10. The topological polar surface area (TPSA) is 69.6 Å². The third kappa shape index (κ3) is 3.93. The van der Waals surface area contributed by atoms with Gasteiger partial charge in [-0.2, -0.15) is 0 Å². The van der Waals surface area contributed by atoms with E-state index in [2.05, 4.69) is 5.32 Å². The van der Waals surface area contributed by atoms with Crippen LogP contribution in [0.5, 0.6) is 5.75 Å². The zero-order valence-electron chi connectivity index (χ0n) is 14.4. The molecule has 0 aliphatic carbocycles. The summed E-state index contributed by atoms with van der Waals surface area (Å²) in [5, 5.41) is 12.9. The van der Waals surface area contributed by atoms with Gasteiger partial charge in [-0.25, -0.2) is 0 Å². The van der Waals surface area contributed by atoms with Gasteiger partial charge in [-0.15, -0.1) is 0 Å². The molecule has 0 heterocycles. The second-order valence-electron chi connectivity index (χ2n) is 6.02. The number of anilines is 1. The van der Waals surface area contributed by atoms with E-state index in [1.54, 1.807) is 57.4 Å². The number of hydrogen-bond acceptors (Lipinski definition) is 3. The van der Waals surface area contributed by atoms with Crippen LogP contribution in [0.4, 0.5) is 5.69 Å². The summed E-state index contributed by atoms with van der Waals surface area (Å²) in [7, 11) is 3.43. The molecule has 2 N–H and O–H groups in total. The Kier molecular flexibility index (Phi) is 5.24. The van der Waals surface area contributed by atoms with Crippen molar-refractivity contribution >= 4 is 17.5 Å². The summed E-state index contributed by atoms with van der Waals surface area (Å²) in [4.78, 5) is 25.5. The van der Waals surface area contributed by atoms with E-state index in [1.807, 2.05) is 6.92 Å². The zero-order chi connectivity index (χ0) is 17.9. The molecular weight excluding hydrogens is 304 g/mol. The molecule has 0 saturated heterocycles. The van der Waals surface area contributed by atoms with Crippen molar-refractivity contribution in [3.05, 3.63) is 58.7 Å². The average molecular weight is 326 g/mol. The summed E-state index contributed by atoms with van der Waals surface area (Å²) in [6, 6.07) is 10.5. The fourth-order valence-corrected chi connectivity index (χ4v) is 2.22. The minimum Gasteiger partial charge on any atom is -0.507 e. The molecule has 0 aromatic heterocycles. The van der Waals surface area contributed by atoms with Crippen molar-refractivity contribution in [3.63, 3.8) is 0 Å². The van der Waals surface area contributed by atoms with Gasteiger partial charge in [0.1, 0.15) is 5.75 Å². The predicted octanol–water partition coefficient (Wildman–Crippen LogP) is 2.89. The van der Waals surface area contributed by atoms with Gasteiger partial charge in [0.25, 0.3) is 5.91 Å². The van der Waals surface area contributed by atoms with E-state index in [0.717, 1.165) is 11.1 Å². The maximum Gasteiger partial charge on any atom is 0.259 e. The quantitative estimate of drug-likeness (QED) is 0.907. The van der Waals surface area contributed by atoms with Crippen molar-refractivity contribution in [2.24, 2.45) is 0 Å². The SMILES string of the molecule is Cc1ccc(C(=O)Nc2ccc(CC(=O)N(C)C)cc2)c(O)c1C. The van der Waals surface area contributed by atoms with E-state index >= 15 is 0 Å². The summed E-state index contributed by atoms with van der Waals surface area (Å²) < 4.78 is 0. The number of aromatic hydroxyl groups is 1. The molecule has 0 atom stereocenters. The van der Waals surface area contributed by atoms with Crippen LogP contribution in [0.2, 0.25) is 0 Å². The Labute approximate surface area is 141 Å². The highest BCUT2D eigenvalue weighted by atomic mass is 16.3. The molecule has 0 radical (unpaired) electrons. The van der Waals surface area contributed by atoms with Crippen LogP contribution in [0.1, 0.15) is 27.0 Å². The monoisotopic (exact) mass is 326 g/mol. The van der Waals surface area contributed by atoms with E-state index in [1.165, 1.54) is 4.90 Å². The van der Waals surface area contributed by atoms with Crippen molar-refractivity contribution in [2.45, 2.75) is 20.3 Å². The first-order valence-corrected chi connectivity index (χ1v) is 7.69. The van der Waals surface area contributed by atoms with E-state index in [9.17, 15) is 14.7 Å². The fourth-order valence-electron chi connectivity index (χ4n) is 2.22. The number of nitrogens with one attached hydrogen (secondary N) is 1. The van der Waals surface area contributed by atoms with Crippen molar-refractivity contribution in [1.29, 1.82) is 0 Å². The molecule has 0 aliphatic rings. The minimum absolute atomic E-state index is 0.000648. The Morgan fingerprint density at radius 1 is 1.04 bits per heavy atom. The number of carbonyl (C=O) groups is 2. The summed E-state index contributed by atoms with van der Waals surface area (Å²) >= 11 is 0. The second kappa shape index (κ2) is 7.17. The zero-order valence-corrected chi connectivity index (χ0v) is 14.4. The third-order valence-corrected chi connectivity index (χ3v) is 4.01. The van der Waals surface area contributed by atoms with E-state index in [-0.39, 0.29) is 23.1 Å². The molecular formula is C19H22N2O3. The molecule has 5 heteroatoms. The predicted molar refractivity (Wildman–Crippen MR) is 94.4 cm³/mol. The van der Waals surface area contributed by atoms with Gasteiger partial charge < -0.3 is 15.3 Å². The van der Waals surface area contributed by atoms with E-state index in [0.29, 0.717) is 17.7 Å². The van der Waals surface area contributed by atoms with E-state index in [4.69, 9.17) is 0 Å². The van der Waals surface area contributed by atoms with Gasteiger partial charge in [0, 0.05) is 19.8 Å². The number of aryl methyl sites for hydroxylation is 1. The molecule has 5 nitrogen and oxygen atoms in total. The van der Waals surface area contributed by atoms with E-state index < -0.39 is 0 Å². The number of rotatable bonds is 4. The number of carbonyl (C=O) groups excluding carboxylic acids is 2. The molecule has 126 valence electrons. The van der Waals surface area contributed by atoms with Crippen LogP contribution in [0.25, 0.3) is 0 Å². The van der Waals surface area contributed by atoms with Crippen LogP contribution < -0.4 is 5.32 Å². The molecule has 0 aliphatic heterocycles. The Bertz CT molecular complexity index is 765. The largest absolute Gasteiger partial charge is 0.507 e. The highest BCUT2D eigenvalue weighted by Crippen LogP contribution is 2.25. The minimum atomic E-state index is -0.368. The molecule has 2 aromatic rings. The highest BCUT2D eigenvalue weighted by molar-refractivity contribution is 6.06. The van der Waals surface area contributed by atoms with Crippen molar-refractivity contribution in [3.8, 4) is 5.75 Å². The average Bonchev–Trinajstić information content (AvgIpc) is 2.54. The van der Waals surface area contributed by atoms with Gasteiger partial charge in [-0.3, -0.25) is 9.59 Å². The number of likely N-dealkylation sites (N-methyl/N-ethyl adjacent to an activating group) is 1. The molecule has 2 rings (SSSR count). The van der Waals surface area contributed by atoms with Crippen molar-refractivity contribution in [1.82, 2.24) is 4.90 Å². The van der Waals surface area contributed by atoms with Gasteiger partial charge in [-0.1, -0.05) is 18.2 Å². The Morgan fingerprint density at radius 3 is 2.25 bits per heavy atom. The molecule has 0 bridgehead atoms. The maximum atomic E-state index is 12.3. The van der Waals surface area contributed by atoms with Crippen LogP contribution in [0.3, 0.4) is 0 Å². The standard InChI is InChI=1S/C19H22N2O3/c1-12-5-10-16(18(23)13(12)2)19(24)20-15-8-6-14(7-9-15)11-17(22)21(3)4/h5-10,23H,11H2,1-4H3,(H,20,24). The molecule has 24 heavy (non-hydrogen) atoms. The Hall–Kier alpha value is -2.82. The number of hydrogen-bond donors (Lipinski definition) is 2. The molecule has 2 aromatic carbocycles. The van der Waals surface area contributed by atoms with Crippen LogP contribution in [0.15, 0.2) is 36.4 Å². The molecule has 0 saturated carbocycles. The lowest BCUT2D eigenvalue weighted by molar-refractivity contribution is -0.127. The number of nitrogens with zero attached hydrogens (tertiary/aromatic N) is 1. The lowest BCUT2D eigenvalue weighted by Crippen LogP contribution is -2.23. The van der Waals surface area contributed by atoms with Crippen LogP contribution >= 0.6 is 0 Å². The summed E-state index contributed by atoms with van der Waals surface area (Å²) in [6.45, 7) is 3.66. The summed E-state index contributed by atoms with van der Waals surface area (Å²) in [6.07, 6.45) is 0.319. The first-order chi connectivity index (χ1) is 11.3. The third-order valence-electron chi connectivity index (χ3n) is 4.01. The summed E-state index contributed by atoms with van der Waals surface area (Å²) in [5.41, 5.74) is 3.35. The molecule has 0 fully saturated rings. The Morgan fingerprint density at radius 2 is 1.67 bits per heavy atom. The molecule has 2 amide bonds. The highest BCUT2D eigenvalue weighted by Gasteiger charge is 2.14. The maximum absolute atomic E-state index is 12.3. The smallest absolute Gasteiger partial charge is 0.259 e. The first kappa shape index (κ1) is 17.5. The van der Waals surface area contributed by atoms with Crippen LogP contribution in [0, 0.1) is 13.8 Å². The summed E-state index contributed by atoms with van der Waals surface area (Å²) in [5.74, 6) is -0.347. The second-order valence-corrected chi connectivity index (χ2v) is 6.02. The van der Waals surface area contributed by atoms with Gasteiger partial charge in [0.2, 0.25) is 5.91 Å². The van der Waals surface area contributed by atoms with Gasteiger partial charge in [0.05, 0.1) is 12.0 Å². The fraction of sp³-hybridized carbons (Fsp3) is 0.263. The number of benzene rings is 2. The number of phenolic OH excluding ortho intramolecular Hbond substituents is 1. The lowest BCUT2D eigenvalue weighted by atomic mass is 10.0. The van der Waals surface area contributed by atoms with Gasteiger partial charge in [-0.05, 0) is 48.7 Å². The molecule has 0 unspecified atom stereocenters.